The molecule has 0 fully saturated rings. The van der Waals surface area contributed by atoms with Gasteiger partial charge in [0.25, 0.3) is 0 Å². The van der Waals surface area contributed by atoms with Crippen LogP contribution < -0.4 is 0 Å². The molecule has 0 heterocycles. The molecule has 0 bridgehead atoms. The molecule has 3 nitrogen and oxygen atoms in total. The highest BCUT2D eigenvalue weighted by molar-refractivity contribution is 6.41. The van der Waals surface area contributed by atoms with Gasteiger partial charge in [-0.1, -0.05) is 34.8 Å². The number of carboxylic acid groups (broad SMARTS) is 1. The van der Waals surface area contributed by atoms with Crippen molar-refractivity contribution in [3.8, 4) is 5.75 Å². The molecule has 6 heteroatoms. The summed E-state index contributed by atoms with van der Waals surface area (Å²) in [6.45, 7) is 0. The van der Waals surface area contributed by atoms with Crippen molar-refractivity contribution in [2.24, 2.45) is 0 Å². The van der Waals surface area contributed by atoms with Crippen LogP contribution in [0.2, 0.25) is 15.1 Å². The van der Waals surface area contributed by atoms with Crippen LogP contribution in [0.3, 0.4) is 0 Å². The molecule has 2 N–H and O–H groups in total. The summed E-state index contributed by atoms with van der Waals surface area (Å²) in [4.78, 5) is 10.4. The van der Waals surface area contributed by atoms with Crippen LogP contribution in [0.15, 0.2) is 6.07 Å². The van der Waals surface area contributed by atoms with Crippen LogP contribution in [0.5, 0.6) is 5.75 Å². The van der Waals surface area contributed by atoms with E-state index in [-0.39, 0.29) is 32.8 Å². The van der Waals surface area contributed by atoms with Crippen molar-refractivity contribution in [1.82, 2.24) is 0 Å². The Morgan fingerprint density at radius 2 is 1.86 bits per heavy atom. The number of hydrogen-bond donors (Lipinski definition) is 2. The van der Waals surface area contributed by atoms with Crippen molar-refractivity contribution in [2.75, 3.05) is 0 Å². The largest absolute Gasteiger partial charge is 0.505 e. The quantitative estimate of drug-likeness (QED) is 0.854. The number of phenolic OH excluding ortho intramolecular Hbond substituents is 1. The normalized spacial score (nSPS) is 10.2. The van der Waals surface area contributed by atoms with Gasteiger partial charge in [0.2, 0.25) is 0 Å². The maximum absolute atomic E-state index is 10.4. The van der Waals surface area contributed by atoms with Gasteiger partial charge in [0.1, 0.15) is 0 Å². The molecule has 76 valence electrons. The zero-order chi connectivity index (χ0) is 10.9. The van der Waals surface area contributed by atoms with Crippen LogP contribution in [0, 0.1) is 0 Å². The van der Waals surface area contributed by atoms with E-state index in [1.165, 1.54) is 6.07 Å². The van der Waals surface area contributed by atoms with Gasteiger partial charge in [-0.3, -0.25) is 4.79 Å². The van der Waals surface area contributed by atoms with Gasteiger partial charge in [-0.2, -0.15) is 0 Å². The lowest BCUT2D eigenvalue weighted by molar-refractivity contribution is -0.136. The molecular formula is C8H5Cl3O3. The van der Waals surface area contributed by atoms with Crippen LogP contribution in [-0.4, -0.2) is 16.2 Å². The molecule has 1 aromatic rings. The average Bonchev–Trinajstić information content (AvgIpc) is 2.09. The van der Waals surface area contributed by atoms with Gasteiger partial charge in [-0.15, -0.1) is 0 Å². The van der Waals surface area contributed by atoms with Crippen LogP contribution in [0.4, 0.5) is 0 Å². The van der Waals surface area contributed by atoms with Gasteiger partial charge >= 0.3 is 5.97 Å². The molecule has 0 saturated heterocycles. The summed E-state index contributed by atoms with van der Waals surface area (Å²) in [6, 6.07) is 1.25. The fraction of sp³-hybridized carbons (Fsp3) is 0.125. The summed E-state index contributed by atoms with van der Waals surface area (Å²) in [5.74, 6) is -1.44. The Kier molecular flexibility index (Phi) is 3.48. The third-order valence-corrected chi connectivity index (χ3v) is 2.60. The smallest absolute Gasteiger partial charge is 0.307 e. The van der Waals surface area contributed by atoms with Crippen molar-refractivity contribution in [1.29, 1.82) is 0 Å². The van der Waals surface area contributed by atoms with Crippen LogP contribution in [0.25, 0.3) is 0 Å². The predicted molar refractivity (Wildman–Crippen MR) is 54.5 cm³/mol. The number of rotatable bonds is 2. The Hall–Kier alpha value is -0.640. The van der Waals surface area contributed by atoms with E-state index >= 15 is 0 Å². The van der Waals surface area contributed by atoms with E-state index in [2.05, 4.69) is 0 Å². The fourth-order valence-corrected chi connectivity index (χ4v) is 1.83. The molecule has 14 heavy (non-hydrogen) atoms. The Morgan fingerprint density at radius 1 is 1.29 bits per heavy atom. The zero-order valence-corrected chi connectivity index (χ0v) is 8.99. The zero-order valence-electron chi connectivity index (χ0n) is 6.72. The maximum Gasteiger partial charge on any atom is 0.307 e. The van der Waals surface area contributed by atoms with E-state index in [1.54, 1.807) is 0 Å². The number of hydrogen-bond acceptors (Lipinski definition) is 2. The SMILES string of the molecule is O=C(O)Cc1c(Cl)cc(Cl)c(O)c1Cl. The minimum absolute atomic E-state index is 0.00543. The second-order valence-corrected chi connectivity index (χ2v) is 3.74. The standard InChI is InChI=1S/C8H5Cl3O3/c9-4-2-5(10)8(14)7(11)3(4)1-6(12)13/h2,14H,1H2,(H,12,13). The van der Waals surface area contributed by atoms with E-state index in [1.807, 2.05) is 0 Å². The summed E-state index contributed by atoms with van der Waals surface area (Å²) in [5, 5.41) is 17.9. The molecule has 0 aliphatic carbocycles. The highest BCUT2D eigenvalue weighted by Crippen LogP contribution is 2.38. The van der Waals surface area contributed by atoms with Gasteiger partial charge in [-0.05, 0) is 6.07 Å². The maximum atomic E-state index is 10.4. The summed E-state index contributed by atoms with van der Waals surface area (Å²) in [5.41, 5.74) is 0.155. The topological polar surface area (TPSA) is 57.5 Å². The molecule has 0 aromatic heterocycles. The van der Waals surface area contributed by atoms with E-state index < -0.39 is 5.97 Å². The van der Waals surface area contributed by atoms with E-state index in [9.17, 15) is 9.90 Å². The van der Waals surface area contributed by atoms with E-state index in [0.717, 1.165) is 0 Å². The third-order valence-electron chi connectivity index (χ3n) is 1.57. The highest BCUT2D eigenvalue weighted by Gasteiger charge is 2.16. The van der Waals surface area contributed by atoms with Gasteiger partial charge < -0.3 is 10.2 Å². The van der Waals surface area contributed by atoms with Gasteiger partial charge in [-0.25, -0.2) is 0 Å². The number of phenols is 1. The van der Waals surface area contributed by atoms with Crippen molar-refractivity contribution < 1.29 is 15.0 Å². The lowest BCUT2D eigenvalue weighted by Crippen LogP contribution is -2.01. The molecule has 1 rings (SSSR count). The number of aromatic hydroxyl groups is 1. The molecule has 0 aliphatic heterocycles. The molecule has 0 spiro atoms. The molecular weight excluding hydrogens is 250 g/mol. The molecule has 0 atom stereocenters. The summed E-state index contributed by atoms with van der Waals surface area (Å²) >= 11 is 16.9. The molecule has 0 radical (unpaired) electrons. The number of carboxylic acids is 1. The number of aliphatic carboxylic acids is 1. The van der Waals surface area contributed by atoms with E-state index in [4.69, 9.17) is 39.9 Å². The summed E-state index contributed by atoms with van der Waals surface area (Å²) in [6.07, 6.45) is -0.359. The summed E-state index contributed by atoms with van der Waals surface area (Å²) < 4.78 is 0. The first kappa shape index (κ1) is 11.4. The first-order chi connectivity index (χ1) is 6.43. The Labute approximate surface area is 94.8 Å². The molecule has 0 amide bonds. The molecule has 1 aromatic carbocycles. The number of benzene rings is 1. The molecule has 0 saturated carbocycles. The Morgan fingerprint density at radius 3 is 2.36 bits per heavy atom. The summed E-state index contributed by atoms with van der Waals surface area (Å²) in [7, 11) is 0. The second kappa shape index (κ2) is 4.26. The van der Waals surface area contributed by atoms with E-state index in [0.29, 0.717) is 0 Å². The second-order valence-electron chi connectivity index (χ2n) is 2.55. The minimum atomic E-state index is -1.09. The first-order valence-electron chi connectivity index (χ1n) is 3.50. The van der Waals surface area contributed by atoms with Crippen LogP contribution in [-0.2, 0) is 11.2 Å². The van der Waals surface area contributed by atoms with Gasteiger partial charge in [0.05, 0.1) is 16.5 Å². The predicted octanol–water partition coefficient (Wildman–Crippen LogP) is 2.98. The molecule has 0 aliphatic rings. The highest BCUT2D eigenvalue weighted by atomic mass is 35.5. The van der Waals surface area contributed by atoms with Gasteiger partial charge in [0, 0.05) is 10.6 Å². The lowest BCUT2D eigenvalue weighted by Gasteiger charge is -2.07. The fourth-order valence-electron chi connectivity index (χ4n) is 0.933. The first-order valence-corrected chi connectivity index (χ1v) is 4.64. The molecule has 0 unspecified atom stereocenters. The lowest BCUT2D eigenvalue weighted by atomic mass is 10.1. The van der Waals surface area contributed by atoms with Crippen molar-refractivity contribution in [3.05, 3.63) is 26.7 Å². The van der Waals surface area contributed by atoms with Gasteiger partial charge in [0.15, 0.2) is 5.75 Å². The van der Waals surface area contributed by atoms with Crippen molar-refractivity contribution in [2.45, 2.75) is 6.42 Å². The van der Waals surface area contributed by atoms with Crippen LogP contribution in [0.1, 0.15) is 5.56 Å². The Bertz CT molecular complexity index is 390. The van der Waals surface area contributed by atoms with Crippen molar-refractivity contribution >= 4 is 40.8 Å². The number of carbonyl (C=O) groups is 1. The minimum Gasteiger partial charge on any atom is -0.505 e. The monoisotopic (exact) mass is 254 g/mol. The average molecular weight is 255 g/mol. The van der Waals surface area contributed by atoms with Crippen LogP contribution >= 0.6 is 34.8 Å². The third kappa shape index (κ3) is 2.23. The Balaban J connectivity index is 3.29. The van der Waals surface area contributed by atoms with Crippen molar-refractivity contribution in [3.63, 3.8) is 0 Å². The number of halogens is 3.